The number of likely N-dealkylation sites (tertiary alicyclic amines) is 1. The summed E-state index contributed by atoms with van der Waals surface area (Å²) < 4.78 is 6.53. The van der Waals surface area contributed by atoms with Gasteiger partial charge in [-0.2, -0.15) is 0 Å². The predicted molar refractivity (Wildman–Crippen MR) is 148 cm³/mol. The fraction of sp³-hybridized carbons (Fsp3) is 0.444. The van der Waals surface area contributed by atoms with E-state index in [2.05, 4.69) is 33.5 Å². The lowest BCUT2D eigenvalue weighted by atomic mass is 10.1. The average molecular weight is 561 g/mol. The minimum Gasteiger partial charge on any atom is -0.492 e. The van der Waals surface area contributed by atoms with Crippen LogP contribution in [0.2, 0.25) is 0 Å². The van der Waals surface area contributed by atoms with Gasteiger partial charge >= 0.3 is 0 Å². The number of ether oxygens (including phenoxy) is 1. The average Bonchev–Trinajstić information content (AvgIpc) is 3.14. The zero-order chi connectivity index (χ0) is 25.0. The molecule has 6 nitrogen and oxygen atoms in total. The van der Waals surface area contributed by atoms with Crippen molar-refractivity contribution >= 4 is 50.8 Å². The molecule has 2 aromatic carbocycles. The van der Waals surface area contributed by atoms with E-state index in [9.17, 15) is 9.59 Å². The van der Waals surface area contributed by atoms with Crippen molar-refractivity contribution in [2.75, 3.05) is 25.0 Å². The molecule has 35 heavy (non-hydrogen) atoms. The van der Waals surface area contributed by atoms with E-state index in [1.54, 1.807) is 42.5 Å². The highest BCUT2D eigenvalue weighted by atomic mass is 79.9. The molecule has 1 aliphatic rings. The molecule has 0 saturated carbocycles. The van der Waals surface area contributed by atoms with Gasteiger partial charge < -0.3 is 15.0 Å². The molecular formula is C27H34BrN3O3S. The van der Waals surface area contributed by atoms with E-state index < -0.39 is 0 Å². The van der Waals surface area contributed by atoms with Crippen molar-refractivity contribution in [1.29, 1.82) is 0 Å². The molecule has 0 aromatic heterocycles. The second-order valence-corrected chi connectivity index (χ2v) is 10.0. The second-order valence-electron chi connectivity index (χ2n) is 8.75. The van der Waals surface area contributed by atoms with E-state index in [4.69, 9.17) is 17.0 Å². The Balaban J connectivity index is 1.49. The fourth-order valence-electron chi connectivity index (χ4n) is 3.96. The molecule has 0 atom stereocenters. The van der Waals surface area contributed by atoms with Crippen LogP contribution < -0.4 is 15.4 Å². The zero-order valence-corrected chi connectivity index (χ0v) is 22.7. The number of anilines is 1. The Morgan fingerprint density at radius 3 is 2.31 bits per heavy atom. The number of carbonyl (C=O) groups is 2. The first-order chi connectivity index (χ1) is 17.0. The molecule has 3 rings (SSSR count). The Bertz CT molecular complexity index is 1010. The highest BCUT2D eigenvalue weighted by Gasteiger charge is 2.17. The largest absolute Gasteiger partial charge is 0.492 e. The molecule has 0 radical (unpaired) electrons. The van der Waals surface area contributed by atoms with Crippen molar-refractivity contribution in [3.8, 4) is 5.75 Å². The van der Waals surface area contributed by atoms with Gasteiger partial charge in [0.05, 0.1) is 11.1 Å². The van der Waals surface area contributed by atoms with Crippen LogP contribution >= 0.6 is 28.1 Å². The van der Waals surface area contributed by atoms with Crippen LogP contribution in [0.3, 0.4) is 0 Å². The van der Waals surface area contributed by atoms with Gasteiger partial charge in [0.25, 0.3) is 11.8 Å². The minimum atomic E-state index is -0.314. The molecule has 188 valence electrons. The summed E-state index contributed by atoms with van der Waals surface area (Å²) in [5.74, 6) is 0.465. The van der Waals surface area contributed by atoms with Crippen LogP contribution in [-0.2, 0) is 0 Å². The molecule has 0 unspecified atom stereocenters. The molecule has 2 N–H and O–H groups in total. The molecule has 0 bridgehead atoms. The first-order valence-electron chi connectivity index (χ1n) is 12.4. The number of unbranched alkanes of at least 4 members (excludes halogenated alkanes) is 3. The maximum absolute atomic E-state index is 12.7. The molecule has 0 aliphatic carbocycles. The number of hydrogen-bond donors (Lipinski definition) is 2. The number of amides is 2. The number of rotatable bonds is 9. The van der Waals surface area contributed by atoms with Crippen LogP contribution in [0.1, 0.15) is 79.0 Å². The summed E-state index contributed by atoms with van der Waals surface area (Å²) >= 11 is 8.80. The Hall–Kier alpha value is -2.45. The molecule has 1 fully saturated rings. The van der Waals surface area contributed by atoms with Gasteiger partial charge in [-0.05, 0) is 89.9 Å². The van der Waals surface area contributed by atoms with E-state index in [1.165, 1.54) is 25.7 Å². The van der Waals surface area contributed by atoms with Crippen molar-refractivity contribution in [3.05, 3.63) is 58.1 Å². The summed E-state index contributed by atoms with van der Waals surface area (Å²) in [6.07, 6.45) is 9.04. The Morgan fingerprint density at radius 1 is 0.971 bits per heavy atom. The van der Waals surface area contributed by atoms with E-state index >= 15 is 0 Å². The quantitative estimate of drug-likeness (QED) is 0.269. The van der Waals surface area contributed by atoms with Gasteiger partial charge in [-0.15, -0.1) is 0 Å². The maximum atomic E-state index is 12.7. The number of carbonyl (C=O) groups excluding carboxylic acids is 2. The SMILES string of the molecule is CCCCCCOc1ccc(C(=O)NC(=S)Nc2ccc(C(=O)N3CCCCCC3)cc2)cc1Br. The Labute approximate surface area is 221 Å². The molecular weight excluding hydrogens is 526 g/mol. The summed E-state index contributed by atoms with van der Waals surface area (Å²) in [7, 11) is 0. The standard InChI is InChI=1S/C27H34BrN3O3S/c1-2-3-4-9-18-34-24-15-12-21(19-23(24)28)25(32)30-27(35)29-22-13-10-20(11-14-22)26(33)31-16-7-5-6-8-17-31/h10-15,19H,2-9,16-18H2,1H3,(H2,29,30,32,35). The van der Waals surface area contributed by atoms with Gasteiger partial charge in [-0.1, -0.05) is 39.0 Å². The van der Waals surface area contributed by atoms with Crippen molar-refractivity contribution in [1.82, 2.24) is 10.2 Å². The molecule has 0 spiro atoms. The van der Waals surface area contributed by atoms with Crippen molar-refractivity contribution in [3.63, 3.8) is 0 Å². The highest BCUT2D eigenvalue weighted by molar-refractivity contribution is 9.10. The number of benzene rings is 2. The number of nitrogens with zero attached hydrogens (tertiary/aromatic N) is 1. The van der Waals surface area contributed by atoms with Crippen molar-refractivity contribution in [2.24, 2.45) is 0 Å². The molecule has 2 amide bonds. The molecule has 1 heterocycles. The van der Waals surface area contributed by atoms with Crippen LogP contribution in [-0.4, -0.2) is 41.5 Å². The van der Waals surface area contributed by atoms with E-state index in [-0.39, 0.29) is 16.9 Å². The van der Waals surface area contributed by atoms with Crippen LogP contribution in [0.25, 0.3) is 0 Å². The summed E-state index contributed by atoms with van der Waals surface area (Å²) in [6.45, 7) is 4.47. The number of nitrogens with one attached hydrogen (secondary N) is 2. The third-order valence-corrected chi connectivity index (χ3v) is 6.78. The monoisotopic (exact) mass is 559 g/mol. The number of halogens is 1. The van der Waals surface area contributed by atoms with Crippen LogP contribution in [0.4, 0.5) is 5.69 Å². The number of thiocarbonyl (C=S) groups is 1. The summed E-state index contributed by atoms with van der Waals surface area (Å²) in [5.41, 5.74) is 1.83. The molecule has 1 saturated heterocycles. The van der Waals surface area contributed by atoms with Gasteiger partial charge in [0, 0.05) is 29.9 Å². The van der Waals surface area contributed by atoms with Gasteiger partial charge in [0.15, 0.2) is 5.11 Å². The van der Waals surface area contributed by atoms with E-state index in [1.807, 2.05) is 4.90 Å². The van der Waals surface area contributed by atoms with Gasteiger partial charge in [-0.3, -0.25) is 14.9 Å². The lowest BCUT2D eigenvalue weighted by Crippen LogP contribution is -2.34. The van der Waals surface area contributed by atoms with Crippen LogP contribution in [0.5, 0.6) is 5.75 Å². The number of hydrogen-bond acceptors (Lipinski definition) is 4. The predicted octanol–water partition coefficient (Wildman–Crippen LogP) is 6.55. The third-order valence-electron chi connectivity index (χ3n) is 5.96. The lowest BCUT2D eigenvalue weighted by molar-refractivity contribution is 0.0761. The normalized spacial score (nSPS) is 13.6. The fourth-order valence-corrected chi connectivity index (χ4v) is 4.66. The first-order valence-corrected chi connectivity index (χ1v) is 13.6. The van der Waals surface area contributed by atoms with Gasteiger partial charge in [-0.25, -0.2) is 0 Å². The van der Waals surface area contributed by atoms with Gasteiger partial charge in [0.2, 0.25) is 0 Å². The first kappa shape index (κ1) is 27.1. The molecule has 8 heteroatoms. The second kappa shape index (κ2) is 14.2. The third kappa shape index (κ3) is 8.61. The molecule has 2 aromatic rings. The minimum absolute atomic E-state index is 0.0632. The van der Waals surface area contributed by atoms with E-state index in [0.717, 1.165) is 43.2 Å². The Kier molecular flexibility index (Phi) is 11.0. The van der Waals surface area contributed by atoms with Crippen LogP contribution in [0, 0.1) is 0 Å². The summed E-state index contributed by atoms with van der Waals surface area (Å²) in [6, 6.07) is 12.4. The van der Waals surface area contributed by atoms with Crippen molar-refractivity contribution in [2.45, 2.75) is 58.3 Å². The topological polar surface area (TPSA) is 70.7 Å². The van der Waals surface area contributed by atoms with E-state index in [0.29, 0.717) is 29.2 Å². The highest BCUT2D eigenvalue weighted by Crippen LogP contribution is 2.26. The summed E-state index contributed by atoms with van der Waals surface area (Å²) in [5, 5.41) is 5.89. The summed E-state index contributed by atoms with van der Waals surface area (Å²) in [4.78, 5) is 27.3. The van der Waals surface area contributed by atoms with Gasteiger partial charge in [0.1, 0.15) is 5.75 Å². The maximum Gasteiger partial charge on any atom is 0.257 e. The zero-order valence-electron chi connectivity index (χ0n) is 20.3. The molecule has 1 aliphatic heterocycles. The lowest BCUT2D eigenvalue weighted by Gasteiger charge is -2.20. The van der Waals surface area contributed by atoms with Crippen LogP contribution in [0.15, 0.2) is 46.9 Å². The Morgan fingerprint density at radius 2 is 1.66 bits per heavy atom. The smallest absolute Gasteiger partial charge is 0.257 e. The van der Waals surface area contributed by atoms with Crippen molar-refractivity contribution < 1.29 is 14.3 Å².